The molecule has 0 aliphatic carbocycles. The molecule has 0 saturated carbocycles. The van der Waals surface area contributed by atoms with Gasteiger partial charge in [-0.3, -0.25) is 9.59 Å². The normalized spacial score (nSPS) is 13.8. The second-order valence-electron chi connectivity index (χ2n) is 20.5. The maximum absolute atomic E-state index is 12.9. The summed E-state index contributed by atoms with van der Waals surface area (Å²) in [5.74, 6) is -2.41. The van der Waals surface area contributed by atoms with Gasteiger partial charge in [-0.15, -0.1) is 0 Å². The molecule has 0 aliphatic heterocycles. The van der Waals surface area contributed by atoms with Gasteiger partial charge in [-0.1, -0.05) is 237 Å². The molecule has 0 saturated heterocycles. The van der Waals surface area contributed by atoms with Gasteiger partial charge in [-0.05, 0) is 103 Å². The number of carboxylic acid groups (broad SMARTS) is 1. The van der Waals surface area contributed by atoms with Gasteiger partial charge >= 0.3 is 11.9 Å². The predicted molar refractivity (Wildman–Crippen MR) is 324 cm³/mol. The number of unbranched alkanes of at least 4 members (excludes halogenated alkanes) is 14. The van der Waals surface area contributed by atoms with Crippen molar-refractivity contribution in [2.75, 3.05) is 47.5 Å². The summed E-state index contributed by atoms with van der Waals surface area (Å²) in [6.07, 6.45) is 80.6. The lowest BCUT2D eigenvalue weighted by atomic mass is 10.0. The molecule has 0 aromatic carbocycles. The maximum Gasteiger partial charge on any atom is 0.306 e. The minimum absolute atomic E-state index is 0.129. The van der Waals surface area contributed by atoms with E-state index < -0.39 is 30.3 Å². The summed E-state index contributed by atoms with van der Waals surface area (Å²) in [7, 11) is 5.89. The van der Waals surface area contributed by atoms with E-state index in [4.69, 9.17) is 18.9 Å². The summed E-state index contributed by atoms with van der Waals surface area (Å²) in [5.41, 5.74) is 0. The van der Waals surface area contributed by atoms with Gasteiger partial charge in [0.05, 0.1) is 40.3 Å². The molecule has 0 fully saturated rings. The number of carbonyl (C=O) groups excluding carboxylic acids is 3. The molecule has 0 bridgehead atoms. The van der Waals surface area contributed by atoms with Crippen LogP contribution in [0.25, 0.3) is 0 Å². The van der Waals surface area contributed by atoms with Crippen LogP contribution < -0.4 is 5.11 Å². The Labute approximate surface area is 471 Å². The van der Waals surface area contributed by atoms with Gasteiger partial charge in [0.2, 0.25) is 0 Å². The van der Waals surface area contributed by atoms with Crippen molar-refractivity contribution in [1.29, 1.82) is 0 Å². The summed E-state index contributed by atoms with van der Waals surface area (Å²) in [5, 5.41) is 11.8. The van der Waals surface area contributed by atoms with Crippen LogP contribution >= 0.6 is 0 Å². The Morgan fingerprint density at radius 3 is 1.09 bits per heavy atom. The number of esters is 2. The molecule has 9 nitrogen and oxygen atoms in total. The Kier molecular flexibility index (Phi) is 53.8. The summed E-state index contributed by atoms with van der Waals surface area (Å²) in [4.78, 5) is 37.3. The first-order valence-electron chi connectivity index (χ1n) is 30.0. The first-order valence-corrected chi connectivity index (χ1v) is 30.0. The largest absolute Gasteiger partial charge is 0.545 e. The summed E-state index contributed by atoms with van der Waals surface area (Å²) >= 11 is 0. The lowest BCUT2D eigenvalue weighted by Crippen LogP contribution is -2.44. The van der Waals surface area contributed by atoms with Crippen LogP contribution in [0.3, 0.4) is 0 Å². The highest BCUT2D eigenvalue weighted by molar-refractivity contribution is 5.70. The highest BCUT2D eigenvalue weighted by Gasteiger charge is 2.21. The second-order valence-corrected chi connectivity index (χ2v) is 20.5. The third-order valence-corrected chi connectivity index (χ3v) is 12.1. The minimum Gasteiger partial charge on any atom is -0.545 e. The van der Waals surface area contributed by atoms with Crippen LogP contribution in [0.15, 0.2) is 146 Å². The fourth-order valence-electron chi connectivity index (χ4n) is 7.56. The van der Waals surface area contributed by atoms with Crippen molar-refractivity contribution in [3.8, 4) is 0 Å². The van der Waals surface area contributed by atoms with E-state index in [1.165, 1.54) is 70.6 Å². The molecule has 0 aliphatic rings. The molecule has 0 heterocycles. The fraction of sp³-hybridized carbons (Fsp3) is 0.603. The van der Waals surface area contributed by atoms with Crippen LogP contribution in [0.4, 0.5) is 0 Å². The molecule has 2 atom stereocenters. The summed E-state index contributed by atoms with van der Waals surface area (Å²) < 4.78 is 22.6. The molecule has 77 heavy (non-hydrogen) atoms. The highest BCUT2D eigenvalue weighted by Crippen LogP contribution is 2.15. The van der Waals surface area contributed by atoms with Crippen molar-refractivity contribution < 1.29 is 42.9 Å². The minimum atomic E-state index is -1.65. The van der Waals surface area contributed by atoms with E-state index in [0.717, 1.165) is 96.3 Å². The van der Waals surface area contributed by atoms with Gasteiger partial charge in [0.25, 0.3) is 0 Å². The van der Waals surface area contributed by atoms with Crippen LogP contribution in [-0.2, 0) is 33.3 Å². The van der Waals surface area contributed by atoms with E-state index >= 15 is 0 Å². The molecule has 0 amide bonds. The molecule has 0 aromatic rings. The number of carbonyl (C=O) groups is 3. The first kappa shape index (κ1) is 72.2. The molecule has 434 valence electrons. The van der Waals surface area contributed by atoms with Gasteiger partial charge in [0.15, 0.2) is 12.4 Å². The van der Waals surface area contributed by atoms with Crippen molar-refractivity contribution in [1.82, 2.24) is 0 Å². The van der Waals surface area contributed by atoms with E-state index in [2.05, 4.69) is 148 Å². The zero-order valence-corrected chi connectivity index (χ0v) is 49.3. The van der Waals surface area contributed by atoms with Crippen molar-refractivity contribution in [2.45, 2.75) is 219 Å². The third-order valence-electron chi connectivity index (χ3n) is 12.1. The molecular formula is C68H109NO8. The van der Waals surface area contributed by atoms with E-state index in [1.807, 2.05) is 33.3 Å². The third kappa shape index (κ3) is 58.7. The predicted octanol–water partition coefficient (Wildman–Crippen LogP) is 16.7. The SMILES string of the molecule is CC/C=C\C/C=C\C/C=C\C/C=C\C/C=C\C/C=C\CCCCCCCCCCCCCCCCC(=O)OC(COC(=O)CC/C=C\C/C=C\C/C=C\C/C=C\C/C=C\C/C=C\CC)COC(OCC[N+](C)(C)C)C(=O)[O-]. The lowest BCUT2D eigenvalue weighted by molar-refractivity contribution is -0.870. The number of likely N-dealkylation sites (N-methyl/N-ethyl adjacent to an activating group) is 1. The van der Waals surface area contributed by atoms with Crippen molar-refractivity contribution in [3.05, 3.63) is 146 Å². The standard InChI is InChI=1S/C68H109NO8/c1-6-8-10-12-14-16-18-20-22-24-26-27-28-29-30-31-32-33-34-35-36-37-38-39-41-43-45-47-49-51-53-55-57-59-66(71)77-64(63-76-68(67(72)73)74-61-60-69(3,4)5)62-75-65(70)58-56-54-52-50-48-46-44-42-40-25-23-21-19-17-15-13-11-9-7-2/h8-11,14-17,20-23,26-27,29-30,32-33,40,42,46,48,52,54,64,68H,6-7,12-13,18-19,24-25,28,31,34-39,41,43-45,47,49-51,53,55-63H2,1-5H3/b10-8-,11-9-,16-14-,17-15-,22-20-,23-21-,27-26-,30-29-,33-32-,42-40-,48-46-,54-52-. The van der Waals surface area contributed by atoms with Gasteiger partial charge < -0.3 is 33.3 Å². The van der Waals surface area contributed by atoms with Crippen LogP contribution in [0.2, 0.25) is 0 Å². The van der Waals surface area contributed by atoms with E-state index in [9.17, 15) is 19.5 Å². The van der Waals surface area contributed by atoms with E-state index in [0.29, 0.717) is 23.9 Å². The van der Waals surface area contributed by atoms with Crippen molar-refractivity contribution in [2.24, 2.45) is 0 Å². The molecule has 0 rings (SSSR count). The molecule has 9 heteroatoms. The Morgan fingerprint density at radius 2 is 0.727 bits per heavy atom. The van der Waals surface area contributed by atoms with Crippen LogP contribution in [0.5, 0.6) is 0 Å². The zero-order valence-electron chi connectivity index (χ0n) is 49.3. The Morgan fingerprint density at radius 1 is 0.390 bits per heavy atom. The number of ether oxygens (including phenoxy) is 4. The zero-order chi connectivity index (χ0) is 56.2. The van der Waals surface area contributed by atoms with E-state index in [1.54, 1.807) is 0 Å². The number of carboxylic acids is 1. The number of hydrogen-bond donors (Lipinski definition) is 0. The number of aliphatic carboxylic acids is 1. The Hall–Kier alpha value is -4.83. The molecule has 0 N–H and O–H groups in total. The number of nitrogens with zero attached hydrogens (tertiary/aromatic N) is 1. The maximum atomic E-state index is 12.9. The Balaban J connectivity index is 4.27. The molecule has 0 aromatic heterocycles. The van der Waals surface area contributed by atoms with Crippen LogP contribution in [0.1, 0.15) is 206 Å². The molecule has 0 spiro atoms. The smallest absolute Gasteiger partial charge is 0.306 e. The molecule has 0 radical (unpaired) electrons. The highest BCUT2D eigenvalue weighted by atomic mass is 16.7. The summed E-state index contributed by atoms with van der Waals surface area (Å²) in [6.45, 7) is 4.41. The quantitative estimate of drug-likeness (QED) is 0.0195. The number of rotatable bonds is 53. The number of quaternary nitrogens is 1. The number of allylic oxidation sites excluding steroid dienone is 24. The van der Waals surface area contributed by atoms with E-state index in [-0.39, 0.29) is 32.7 Å². The monoisotopic (exact) mass is 1070 g/mol. The molecule has 2 unspecified atom stereocenters. The van der Waals surface area contributed by atoms with Crippen molar-refractivity contribution >= 4 is 17.9 Å². The van der Waals surface area contributed by atoms with Crippen LogP contribution in [0, 0.1) is 0 Å². The van der Waals surface area contributed by atoms with Gasteiger partial charge in [0, 0.05) is 12.8 Å². The summed E-state index contributed by atoms with van der Waals surface area (Å²) in [6, 6.07) is 0. The second kappa shape index (κ2) is 57.3. The lowest BCUT2D eigenvalue weighted by Gasteiger charge is -2.26. The first-order chi connectivity index (χ1) is 37.6. The van der Waals surface area contributed by atoms with Gasteiger partial charge in [-0.2, -0.15) is 0 Å². The Bertz CT molecular complexity index is 1770. The number of hydrogen-bond acceptors (Lipinski definition) is 8. The molecular weight excluding hydrogens is 959 g/mol. The van der Waals surface area contributed by atoms with Crippen LogP contribution in [-0.4, -0.2) is 82.3 Å². The average molecular weight is 1070 g/mol. The van der Waals surface area contributed by atoms with Gasteiger partial charge in [-0.25, -0.2) is 0 Å². The average Bonchev–Trinajstić information content (AvgIpc) is 3.40. The van der Waals surface area contributed by atoms with Crippen molar-refractivity contribution in [3.63, 3.8) is 0 Å². The topological polar surface area (TPSA) is 111 Å². The fourth-order valence-corrected chi connectivity index (χ4v) is 7.56. The van der Waals surface area contributed by atoms with Gasteiger partial charge in [0.1, 0.15) is 13.2 Å².